The Morgan fingerprint density at radius 1 is 1.06 bits per heavy atom. The molecule has 0 fully saturated rings. The van der Waals surface area contributed by atoms with Crippen LogP contribution >= 0.6 is 11.6 Å². The van der Waals surface area contributed by atoms with Gasteiger partial charge in [-0.2, -0.15) is 0 Å². The number of anilines is 1. The molecule has 3 heterocycles. The van der Waals surface area contributed by atoms with Gasteiger partial charge < -0.3 is 19.5 Å². The number of aromatic nitrogens is 1. The molecule has 7 nitrogen and oxygen atoms in total. The lowest BCUT2D eigenvalue weighted by Crippen LogP contribution is -2.41. The number of ether oxygens (including phenoxy) is 3. The van der Waals surface area contributed by atoms with Crippen molar-refractivity contribution in [1.29, 1.82) is 0 Å². The third-order valence-electron chi connectivity index (χ3n) is 6.18. The summed E-state index contributed by atoms with van der Waals surface area (Å²) in [7, 11) is 0. The standard InChI is InChI=1S/C26H21ClN2O5/c27-25-19(12-17-6-4-5-9-22(17)29-25)24(28-18-7-2-1-3-8-18)26-11-10-23(34-26)20(13-32-15-30)21(26)14-33-16-31/h1-12,15-16,23-24,28H,13-14H2. The number of hydrogen-bond donors (Lipinski definition) is 1. The summed E-state index contributed by atoms with van der Waals surface area (Å²) in [5.74, 6) is 0. The molecule has 172 valence electrons. The van der Waals surface area contributed by atoms with E-state index in [1.54, 1.807) is 0 Å². The zero-order valence-corrected chi connectivity index (χ0v) is 18.8. The van der Waals surface area contributed by atoms with Crippen molar-refractivity contribution in [3.8, 4) is 0 Å². The molecule has 0 spiro atoms. The van der Waals surface area contributed by atoms with E-state index in [0.717, 1.165) is 27.7 Å². The highest BCUT2D eigenvalue weighted by molar-refractivity contribution is 6.30. The summed E-state index contributed by atoms with van der Waals surface area (Å²) in [4.78, 5) is 26.6. The van der Waals surface area contributed by atoms with Crippen LogP contribution < -0.4 is 5.32 Å². The average Bonchev–Trinajstić information content (AvgIpc) is 3.43. The topological polar surface area (TPSA) is 86.8 Å². The van der Waals surface area contributed by atoms with Crippen LogP contribution in [0.2, 0.25) is 5.15 Å². The minimum Gasteiger partial charge on any atom is -0.463 e. The predicted octanol–water partition coefficient (Wildman–Crippen LogP) is 4.39. The van der Waals surface area contributed by atoms with Crippen molar-refractivity contribution >= 4 is 41.1 Å². The summed E-state index contributed by atoms with van der Waals surface area (Å²) in [6.07, 6.45) is 3.44. The quantitative estimate of drug-likeness (QED) is 0.264. The summed E-state index contributed by atoms with van der Waals surface area (Å²) in [6, 6.07) is 18.8. The fourth-order valence-corrected chi connectivity index (χ4v) is 4.94. The minimum atomic E-state index is -1.04. The number of nitrogens with zero attached hydrogens (tertiary/aromatic N) is 1. The van der Waals surface area contributed by atoms with Gasteiger partial charge in [-0.3, -0.25) is 9.59 Å². The summed E-state index contributed by atoms with van der Waals surface area (Å²) in [6.45, 7) is 0.781. The molecule has 1 N–H and O–H groups in total. The minimum absolute atomic E-state index is 0.0203. The lowest BCUT2D eigenvalue weighted by atomic mass is 9.79. The van der Waals surface area contributed by atoms with Crippen molar-refractivity contribution < 1.29 is 23.8 Å². The highest BCUT2D eigenvalue weighted by Gasteiger charge is 2.54. The molecular formula is C26H21ClN2O5. The van der Waals surface area contributed by atoms with Crippen molar-refractivity contribution in [2.75, 3.05) is 18.5 Å². The maximum absolute atomic E-state index is 11.1. The first-order valence-corrected chi connectivity index (χ1v) is 11.1. The maximum atomic E-state index is 11.1. The molecule has 1 aromatic heterocycles. The Labute approximate surface area is 201 Å². The first-order chi connectivity index (χ1) is 16.7. The van der Waals surface area contributed by atoms with Crippen molar-refractivity contribution in [3.05, 3.63) is 94.7 Å². The second-order valence-electron chi connectivity index (χ2n) is 8.01. The van der Waals surface area contributed by atoms with Crippen LogP contribution in [-0.4, -0.2) is 42.8 Å². The molecule has 3 aromatic rings. The number of carbonyl (C=O) groups is 2. The number of hydrogen-bond acceptors (Lipinski definition) is 7. The highest BCUT2D eigenvalue weighted by Crippen LogP contribution is 2.52. The third kappa shape index (κ3) is 3.83. The number of carbonyl (C=O) groups excluding carboxylic acids is 2. The lowest BCUT2D eigenvalue weighted by molar-refractivity contribution is -0.129. The summed E-state index contributed by atoms with van der Waals surface area (Å²) < 4.78 is 16.7. The van der Waals surface area contributed by atoms with Crippen LogP contribution in [0.25, 0.3) is 10.9 Å². The first-order valence-electron chi connectivity index (χ1n) is 10.7. The second kappa shape index (κ2) is 9.29. The van der Waals surface area contributed by atoms with Crippen LogP contribution in [0, 0.1) is 0 Å². The monoisotopic (exact) mass is 476 g/mol. The van der Waals surface area contributed by atoms with E-state index in [1.807, 2.05) is 72.8 Å². The van der Waals surface area contributed by atoms with E-state index < -0.39 is 17.7 Å². The molecule has 2 bridgehead atoms. The molecule has 0 amide bonds. The number of benzene rings is 2. The fraction of sp³-hybridized carbons (Fsp3) is 0.192. The van der Waals surface area contributed by atoms with Gasteiger partial charge in [0.25, 0.3) is 12.9 Å². The summed E-state index contributed by atoms with van der Waals surface area (Å²) in [5.41, 5.74) is 2.74. The number of fused-ring (bicyclic) bond motifs is 3. The fourth-order valence-electron chi connectivity index (χ4n) is 4.68. The SMILES string of the molecule is O=COCC1=C(COC=O)C2(C(Nc3ccccc3)c3cc4ccccc4nc3Cl)C=CC1O2. The Morgan fingerprint density at radius 2 is 1.79 bits per heavy atom. The Bertz CT molecular complexity index is 1290. The molecule has 0 aliphatic carbocycles. The van der Waals surface area contributed by atoms with Gasteiger partial charge in [0, 0.05) is 27.8 Å². The molecule has 0 saturated carbocycles. The van der Waals surface area contributed by atoms with Crippen molar-refractivity contribution in [1.82, 2.24) is 4.98 Å². The molecule has 0 saturated heterocycles. The van der Waals surface area contributed by atoms with E-state index in [0.29, 0.717) is 23.7 Å². The Balaban J connectivity index is 1.68. The molecule has 2 aromatic carbocycles. The van der Waals surface area contributed by atoms with Gasteiger partial charge in [0.1, 0.15) is 30.1 Å². The molecular weight excluding hydrogens is 456 g/mol. The largest absolute Gasteiger partial charge is 0.463 e. The van der Waals surface area contributed by atoms with Crippen molar-refractivity contribution in [3.63, 3.8) is 0 Å². The van der Waals surface area contributed by atoms with Gasteiger partial charge in [0.2, 0.25) is 0 Å². The molecule has 2 aliphatic rings. The Kier molecular flexibility index (Phi) is 6.04. The van der Waals surface area contributed by atoms with E-state index in [4.69, 9.17) is 25.8 Å². The van der Waals surface area contributed by atoms with Gasteiger partial charge >= 0.3 is 0 Å². The van der Waals surface area contributed by atoms with Gasteiger partial charge in [-0.1, -0.05) is 54.1 Å². The molecule has 3 atom stereocenters. The van der Waals surface area contributed by atoms with Crippen molar-refractivity contribution in [2.24, 2.45) is 0 Å². The maximum Gasteiger partial charge on any atom is 0.293 e. The van der Waals surface area contributed by atoms with Gasteiger partial charge in [0.05, 0.1) is 11.6 Å². The van der Waals surface area contributed by atoms with E-state index in [9.17, 15) is 9.59 Å². The van der Waals surface area contributed by atoms with Gasteiger partial charge in [0.15, 0.2) is 0 Å². The number of para-hydroxylation sites is 2. The van der Waals surface area contributed by atoms with Gasteiger partial charge in [-0.05, 0) is 30.3 Å². The molecule has 0 radical (unpaired) electrons. The lowest BCUT2D eigenvalue weighted by Gasteiger charge is -2.37. The molecule has 2 aliphatic heterocycles. The summed E-state index contributed by atoms with van der Waals surface area (Å²) in [5, 5.41) is 4.81. The smallest absolute Gasteiger partial charge is 0.293 e. The van der Waals surface area contributed by atoms with E-state index >= 15 is 0 Å². The van der Waals surface area contributed by atoms with Crippen LogP contribution in [0.1, 0.15) is 11.6 Å². The molecule has 5 rings (SSSR count). The Morgan fingerprint density at radius 3 is 2.59 bits per heavy atom. The normalized spacial score (nSPS) is 21.5. The third-order valence-corrected chi connectivity index (χ3v) is 6.48. The van der Waals surface area contributed by atoms with Crippen LogP contribution in [-0.2, 0) is 23.8 Å². The van der Waals surface area contributed by atoms with Crippen LogP contribution in [0.4, 0.5) is 5.69 Å². The van der Waals surface area contributed by atoms with E-state index in [-0.39, 0.29) is 13.2 Å². The van der Waals surface area contributed by atoms with Gasteiger partial charge in [-0.15, -0.1) is 0 Å². The number of pyridine rings is 1. The van der Waals surface area contributed by atoms with Crippen LogP contribution in [0.15, 0.2) is 84.0 Å². The van der Waals surface area contributed by atoms with Gasteiger partial charge in [-0.25, -0.2) is 4.98 Å². The summed E-state index contributed by atoms with van der Waals surface area (Å²) >= 11 is 6.74. The zero-order chi connectivity index (χ0) is 23.5. The van der Waals surface area contributed by atoms with Crippen LogP contribution in [0.5, 0.6) is 0 Å². The number of nitrogens with one attached hydrogen (secondary N) is 1. The van der Waals surface area contributed by atoms with Crippen molar-refractivity contribution in [2.45, 2.75) is 17.7 Å². The van der Waals surface area contributed by atoms with E-state index in [2.05, 4.69) is 10.3 Å². The highest BCUT2D eigenvalue weighted by atomic mass is 35.5. The van der Waals surface area contributed by atoms with E-state index in [1.165, 1.54) is 0 Å². The molecule has 3 unspecified atom stereocenters. The zero-order valence-electron chi connectivity index (χ0n) is 18.0. The second-order valence-corrected chi connectivity index (χ2v) is 8.37. The molecule has 8 heteroatoms. The number of rotatable bonds is 10. The number of halogens is 1. The Hall–Kier alpha value is -3.68. The molecule has 34 heavy (non-hydrogen) atoms. The predicted molar refractivity (Wildman–Crippen MR) is 127 cm³/mol. The average molecular weight is 477 g/mol. The van der Waals surface area contributed by atoms with Crippen LogP contribution in [0.3, 0.4) is 0 Å². The first kappa shape index (κ1) is 22.1.